The molecule has 1 rings (SSSR count). The van der Waals surface area contributed by atoms with Crippen molar-refractivity contribution in [2.24, 2.45) is 5.41 Å². The third-order valence-electron chi connectivity index (χ3n) is 2.39. The minimum absolute atomic E-state index is 0.194. The van der Waals surface area contributed by atoms with E-state index in [0.717, 1.165) is 19.5 Å². The average Bonchev–Trinajstić information content (AvgIpc) is 2.67. The van der Waals surface area contributed by atoms with E-state index in [1.54, 1.807) is 0 Å². The molecule has 1 aliphatic heterocycles. The van der Waals surface area contributed by atoms with Gasteiger partial charge in [-0.05, 0) is 5.41 Å². The van der Waals surface area contributed by atoms with Gasteiger partial charge >= 0.3 is 0 Å². The largest absolute Gasteiger partial charge is 0.339 e. The maximum absolute atomic E-state index is 11.3. The number of carbonyl (C=O) groups excluding carboxylic acids is 1. The zero-order valence-electron chi connectivity index (χ0n) is 7.68. The summed E-state index contributed by atoms with van der Waals surface area (Å²) in [7, 11) is 0. The Balaban J connectivity index is 2.33. The highest BCUT2D eigenvalue weighted by molar-refractivity contribution is 5.78. The molecule has 0 spiro atoms. The molecule has 0 atom stereocenters. The second-order valence-corrected chi connectivity index (χ2v) is 4.08. The van der Waals surface area contributed by atoms with Gasteiger partial charge < -0.3 is 4.90 Å². The highest BCUT2D eigenvalue weighted by Crippen LogP contribution is 2.26. The Hall–Kier alpha value is -0.530. The van der Waals surface area contributed by atoms with Gasteiger partial charge in [0, 0.05) is 19.5 Å². The van der Waals surface area contributed by atoms with Crippen molar-refractivity contribution >= 4 is 5.91 Å². The number of carbonyl (C=O) groups is 1. The van der Waals surface area contributed by atoms with Crippen molar-refractivity contribution in [2.45, 2.75) is 33.6 Å². The fourth-order valence-corrected chi connectivity index (χ4v) is 0.946. The highest BCUT2D eigenvalue weighted by atomic mass is 16.2. The summed E-state index contributed by atoms with van der Waals surface area (Å²) in [6.07, 6.45) is 1.79. The van der Waals surface area contributed by atoms with Gasteiger partial charge in [-0.15, -0.1) is 0 Å². The molecule has 1 saturated heterocycles. The van der Waals surface area contributed by atoms with E-state index in [1.807, 2.05) is 4.90 Å². The van der Waals surface area contributed by atoms with Crippen molar-refractivity contribution in [1.29, 1.82) is 0 Å². The lowest BCUT2D eigenvalue weighted by Crippen LogP contribution is -2.21. The van der Waals surface area contributed by atoms with Crippen LogP contribution in [0.15, 0.2) is 0 Å². The van der Waals surface area contributed by atoms with E-state index in [9.17, 15) is 4.79 Å². The lowest BCUT2D eigenvalue weighted by Gasteiger charge is -2.21. The second-order valence-electron chi connectivity index (χ2n) is 4.08. The van der Waals surface area contributed by atoms with Crippen molar-refractivity contribution in [2.75, 3.05) is 13.1 Å². The summed E-state index contributed by atoms with van der Waals surface area (Å²) < 4.78 is 0. The topological polar surface area (TPSA) is 20.1 Å². The molecule has 0 aromatic carbocycles. The van der Waals surface area contributed by atoms with Crippen LogP contribution in [0, 0.1) is 5.41 Å². The number of hydrogen-bond acceptors (Lipinski definition) is 1. The predicted octanol–water partition coefficient (Wildman–Crippen LogP) is 1.65. The lowest BCUT2D eigenvalue weighted by atomic mass is 9.86. The predicted molar refractivity (Wildman–Crippen MR) is 45.3 cm³/mol. The van der Waals surface area contributed by atoms with Gasteiger partial charge in [0.1, 0.15) is 0 Å². The van der Waals surface area contributed by atoms with Gasteiger partial charge in [-0.2, -0.15) is 0 Å². The Morgan fingerprint density at radius 1 is 1.45 bits per heavy atom. The molecule has 2 heteroatoms. The monoisotopic (exact) mass is 155 g/mol. The third kappa shape index (κ3) is 2.52. The summed E-state index contributed by atoms with van der Waals surface area (Å²) >= 11 is 0. The minimum atomic E-state index is 0.194. The van der Waals surface area contributed by atoms with Gasteiger partial charge in [0.05, 0.1) is 0 Å². The van der Waals surface area contributed by atoms with Crippen molar-refractivity contribution in [3.8, 4) is 0 Å². The molecule has 1 amide bonds. The zero-order valence-corrected chi connectivity index (χ0v) is 7.68. The quantitative estimate of drug-likeness (QED) is 0.567. The fourth-order valence-electron chi connectivity index (χ4n) is 0.946. The van der Waals surface area contributed by atoms with E-state index in [-0.39, 0.29) is 5.41 Å². The molecule has 0 bridgehead atoms. The molecule has 0 N–H and O–H groups in total. The molecule has 0 aromatic rings. The summed E-state index contributed by atoms with van der Waals surface area (Å²) in [5.41, 5.74) is 0.194. The summed E-state index contributed by atoms with van der Waals surface area (Å²) in [4.78, 5) is 13.2. The lowest BCUT2D eigenvalue weighted by molar-refractivity contribution is -0.127. The number of rotatable bonds is 3. The summed E-state index contributed by atoms with van der Waals surface area (Å²) in [5.74, 6) is 0.330. The Labute approximate surface area is 68.6 Å². The molecule has 0 radical (unpaired) electrons. The van der Waals surface area contributed by atoms with Crippen LogP contribution in [-0.2, 0) is 4.79 Å². The van der Waals surface area contributed by atoms with Crippen LogP contribution < -0.4 is 0 Å². The average molecular weight is 155 g/mol. The number of amides is 1. The summed E-state index contributed by atoms with van der Waals surface area (Å²) in [6, 6.07) is 0. The van der Waals surface area contributed by atoms with E-state index in [1.165, 1.54) is 0 Å². The van der Waals surface area contributed by atoms with Crippen LogP contribution in [0.4, 0.5) is 0 Å². The van der Waals surface area contributed by atoms with Gasteiger partial charge in [0.2, 0.25) is 5.91 Å². The summed E-state index contributed by atoms with van der Waals surface area (Å²) in [5, 5.41) is 0. The molecule has 0 aromatic heterocycles. The Morgan fingerprint density at radius 3 is 2.36 bits per heavy atom. The van der Waals surface area contributed by atoms with Crippen molar-refractivity contribution in [3.05, 3.63) is 0 Å². The molecule has 0 saturated carbocycles. The molecular weight excluding hydrogens is 138 g/mol. The molecule has 1 aliphatic rings. The molecule has 2 nitrogen and oxygen atoms in total. The first kappa shape index (κ1) is 8.57. The van der Waals surface area contributed by atoms with Crippen LogP contribution >= 0.6 is 0 Å². The van der Waals surface area contributed by atoms with Crippen LogP contribution in [0.25, 0.3) is 0 Å². The summed E-state index contributed by atoms with van der Waals surface area (Å²) in [6.45, 7) is 8.40. The van der Waals surface area contributed by atoms with Crippen molar-refractivity contribution in [3.63, 3.8) is 0 Å². The molecule has 11 heavy (non-hydrogen) atoms. The van der Waals surface area contributed by atoms with Gasteiger partial charge in [-0.3, -0.25) is 4.79 Å². The molecular formula is C9H17NO. The second kappa shape index (κ2) is 2.84. The van der Waals surface area contributed by atoms with Crippen LogP contribution in [0.5, 0.6) is 0 Å². The zero-order chi connectivity index (χ0) is 8.48. The van der Waals surface area contributed by atoms with E-state index in [4.69, 9.17) is 0 Å². The smallest absolute Gasteiger partial charge is 0.223 e. The maximum atomic E-state index is 11.3. The maximum Gasteiger partial charge on any atom is 0.223 e. The first-order valence-corrected chi connectivity index (χ1v) is 4.33. The molecule has 1 heterocycles. The van der Waals surface area contributed by atoms with E-state index in [2.05, 4.69) is 20.8 Å². The van der Waals surface area contributed by atoms with Crippen LogP contribution in [0.2, 0.25) is 0 Å². The van der Waals surface area contributed by atoms with Gasteiger partial charge in [0.25, 0.3) is 0 Å². The molecule has 0 aliphatic carbocycles. The first-order valence-electron chi connectivity index (χ1n) is 4.33. The SMILES string of the molecule is CCC(C)(C)CC(=O)N1CC1. The fraction of sp³-hybridized carbons (Fsp3) is 0.889. The normalized spacial score (nSPS) is 16.8. The van der Waals surface area contributed by atoms with E-state index >= 15 is 0 Å². The van der Waals surface area contributed by atoms with Crippen molar-refractivity contribution < 1.29 is 4.79 Å². The Kier molecular flexibility index (Phi) is 2.21. The van der Waals surface area contributed by atoms with Gasteiger partial charge in [-0.1, -0.05) is 27.2 Å². The number of hydrogen-bond donors (Lipinski definition) is 0. The van der Waals surface area contributed by atoms with Crippen LogP contribution in [0.1, 0.15) is 33.6 Å². The first-order chi connectivity index (χ1) is 5.05. The van der Waals surface area contributed by atoms with Crippen molar-refractivity contribution in [1.82, 2.24) is 4.90 Å². The molecule has 64 valence electrons. The highest BCUT2D eigenvalue weighted by Gasteiger charge is 2.28. The third-order valence-corrected chi connectivity index (χ3v) is 2.39. The molecule has 0 unspecified atom stereocenters. The Bertz CT molecular complexity index is 159. The van der Waals surface area contributed by atoms with E-state index in [0.29, 0.717) is 12.3 Å². The standard InChI is InChI=1S/C9H17NO/c1-4-9(2,3)7-8(11)10-5-6-10/h4-7H2,1-3H3. The molecule has 1 fully saturated rings. The Morgan fingerprint density at radius 2 is 2.00 bits per heavy atom. The van der Waals surface area contributed by atoms with Crippen LogP contribution in [-0.4, -0.2) is 23.9 Å². The minimum Gasteiger partial charge on any atom is -0.339 e. The van der Waals surface area contributed by atoms with Gasteiger partial charge in [0.15, 0.2) is 0 Å². The van der Waals surface area contributed by atoms with Crippen LogP contribution in [0.3, 0.4) is 0 Å². The van der Waals surface area contributed by atoms with E-state index < -0.39 is 0 Å². The number of nitrogens with zero attached hydrogens (tertiary/aromatic N) is 1. The van der Waals surface area contributed by atoms with Gasteiger partial charge in [-0.25, -0.2) is 0 Å².